The molecule has 0 atom stereocenters. The van der Waals surface area contributed by atoms with E-state index in [1.165, 1.54) is 0 Å². The predicted octanol–water partition coefficient (Wildman–Crippen LogP) is -2.33. The van der Waals surface area contributed by atoms with Crippen molar-refractivity contribution in [2.45, 2.75) is 0 Å². The highest BCUT2D eigenvalue weighted by molar-refractivity contribution is 5.64. The molecule has 0 saturated carbocycles. The molecule has 0 saturated heterocycles. The van der Waals surface area contributed by atoms with Crippen molar-refractivity contribution < 1.29 is 0 Å². The van der Waals surface area contributed by atoms with Crippen molar-refractivity contribution in [3.8, 4) is 0 Å². The first-order chi connectivity index (χ1) is 12.6. The Morgan fingerprint density at radius 1 is 0.577 bits per heavy atom. The Morgan fingerprint density at radius 3 is 1.15 bits per heavy atom. The number of rotatable bonds is 4. The van der Waals surface area contributed by atoms with Crippen molar-refractivity contribution in [1.82, 2.24) is 31.2 Å². The minimum Gasteiger partial charge on any atom is -0.399 e. The van der Waals surface area contributed by atoms with Crippen LogP contribution in [0.4, 0.5) is 11.4 Å². The van der Waals surface area contributed by atoms with Gasteiger partial charge in [0.25, 0.3) is 0 Å². The standard InChI is InChI=1S/C16H18N10/c17-11-5-1-9(2-6-11)13(21-19)15-23-25-16(26-24-15)14(22-20)10-3-7-12(18)8-4-10/h1-8,21-22H,17-20H2. The SMILES string of the molecule is NNC(c1ccc(N)cc1)=c1nnc(=C(NN)c2ccc(N)cc2)nn1. The number of hydrazine groups is 2. The molecule has 0 radical (unpaired) electrons. The van der Waals surface area contributed by atoms with Gasteiger partial charge in [-0.1, -0.05) is 24.3 Å². The largest absolute Gasteiger partial charge is 0.399 e. The molecule has 0 bridgehead atoms. The number of nitrogens with zero attached hydrogens (tertiary/aromatic N) is 4. The van der Waals surface area contributed by atoms with Crippen LogP contribution in [0.1, 0.15) is 11.1 Å². The number of nitrogens with one attached hydrogen (secondary N) is 2. The summed E-state index contributed by atoms with van der Waals surface area (Å²) < 4.78 is 0. The summed E-state index contributed by atoms with van der Waals surface area (Å²) in [7, 11) is 0. The van der Waals surface area contributed by atoms with Crippen LogP contribution in [0.25, 0.3) is 11.4 Å². The van der Waals surface area contributed by atoms with Crippen LogP contribution in [0.2, 0.25) is 0 Å². The predicted molar refractivity (Wildman–Crippen MR) is 98.2 cm³/mol. The molecule has 26 heavy (non-hydrogen) atoms. The van der Waals surface area contributed by atoms with Crippen molar-refractivity contribution in [3.05, 3.63) is 70.6 Å². The highest BCUT2D eigenvalue weighted by Crippen LogP contribution is 2.11. The molecule has 3 aromatic rings. The number of nitrogens with two attached hydrogens (primary N) is 4. The molecule has 3 rings (SSSR count). The highest BCUT2D eigenvalue weighted by Gasteiger charge is 2.07. The second-order valence-electron chi connectivity index (χ2n) is 5.33. The van der Waals surface area contributed by atoms with Crippen LogP contribution < -0.4 is 45.0 Å². The maximum absolute atomic E-state index is 5.69. The summed E-state index contributed by atoms with van der Waals surface area (Å²) in [4.78, 5) is 0. The molecular weight excluding hydrogens is 332 g/mol. The molecular formula is C16H18N10. The molecule has 10 N–H and O–H groups in total. The smallest absolute Gasteiger partial charge is 0.221 e. The fraction of sp³-hybridized carbons (Fsp3) is 0. The van der Waals surface area contributed by atoms with E-state index in [9.17, 15) is 0 Å². The summed E-state index contributed by atoms with van der Waals surface area (Å²) in [5.41, 5.74) is 20.7. The summed E-state index contributed by atoms with van der Waals surface area (Å²) >= 11 is 0. The molecule has 1 aromatic heterocycles. The molecule has 0 spiro atoms. The Morgan fingerprint density at radius 2 is 0.885 bits per heavy atom. The zero-order valence-electron chi connectivity index (χ0n) is 13.7. The van der Waals surface area contributed by atoms with Gasteiger partial charge in [0.2, 0.25) is 11.0 Å². The quantitative estimate of drug-likeness (QED) is 0.170. The van der Waals surface area contributed by atoms with Crippen LogP contribution in [0.3, 0.4) is 0 Å². The summed E-state index contributed by atoms with van der Waals surface area (Å²) in [6, 6.07) is 14.1. The van der Waals surface area contributed by atoms with Crippen molar-refractivity contribution in [3.63, 3.8) is 0 Å². The third-order valence-electron chi connectivity index (χ3n) is 3.61. The van der Waals surface area contributed by atoms with Crippen LogP contribution in [0.15, 0.2) is 48.5 Å². The average molecular weight is 350 g/mol. The molecule has 132 valence electrons. The van der Waals surface area contributed by atoms with Gasteiger partial charge in [-0.15, -0.1) is 20.4 Å². The molecule has 1 heterocycles. The monoisotopic (exact) mass is 350 g/mol. The number of hydrogen-bond acceptors (Lipinski definition) is 10. The number of aromatic nitrogens is 4. The topological polar surface area (TPSA) is 180 Å². The molecule has 0 aliphatic carbocycles. The molecule has 0 aliphatic rings. The summed E-state index contributed by atoms with van der Waals surface area (Å²) in [5, 5.41) is 16.3. The van der Waals surface area contributed by atoms with E-state index in [2.05, 4.69) is 31.2 Å². The van der Waals surface area contributed by atoms with Gasteiger partial charge in [-0.25, -0.2) is 0 Å². The van der Waals surface area contributed by atoms with Crippen molar-refractivity contribution in [2.75, 3.05) is 11.5 Å². The Balaban J connectivity index is 2.10. The van der Waals surface area contributed by atoms with E-state index in [1.54, 1.807) is 48.5 Å². The van der Waals surface area contributed by atoms with Gasteiger partial charge in [0.1, 0.15) is 11.4 Å². The molecule has 0 amide bonds. The van der Waals surface area contributed by atoms with E-state index >= 15 is 0 Å². The van der Waals surface area contributed by atoms with Crippen LogP contribution in [0, 0.1) is 0 Å². The maximum Gasteiger partial charge on any atom is 0.221 e. The van der Waals surface area contributed by atoms with E-state index in [0.717, 1.165) is 11.1 Å². The lowest BCUT2D eigenvalue weighted by atomic mass is 10.1. The van der Waals surface area contributed by atoms with E-state index in [1.807, 2.05) is 0 Å². The van der Waals surface area contributed by atoms with E-state index < -0.39 is 0 Å². The van der Waals surface area contributed by atoms with Crippen molar-refractivity contribution in [2.24, 2.45) is 11.7 Å². The first-order valence-corrected chi connectivity index (χ1v) is 7.59. The average Bonchev–Trinajstić information content (AvgIpc) is 2.67. The number of anilines is 2. The summed E-state index contributed by atoms with van der Waals surface area (Å²) in [6.45, 7) is 0. The zero-order valence-corrected chi connectivity index (χ0v) is 13.7. The van der Waals surface area contributed by atoms with Crippen LogP contribution in [-0.4, -0.2) is 20.4 Å². The van der Waals surface area contributed by atoms with Crippen LogP contribution in [-0.2, 0) is 0 Å². The Hall–Kier alpha value is -3.76. The minimum atomic E-state index is 0.231. The van der Waals surface area contributed by atoms with Crippen molar-refractivity contribution in [1.29, 1.82) is 0 Å². The first-order valence-electron chi connectivity index (χ1n) is 7.59. The fourth-order valence-electron chi connectivity index (χ4n) is 2.28. The molecule has 0 fully saturated rings. The number of nitrogen functional groups attached to an aromatic ring is 2. The van der Waals surface area contributed by atoms with Gasteiger partial charge in [-0.2, -0.15) is 0 Å². The normalized spacial score (nSPS) is 10.2. The lowest BCUT2D eigenvalue weighted by Gasteiger charge is -2.06. The maximum atomic E-state index is 5.69. The van der Waals surface area contributed by atoms with Crippen LogP contribution in [0.5, 0.6) is 0 Å². The van der Waals surface area contributed by atoms with Gasteiger partial charge in [0, 0.05) is 22.5 Å². The van der Waals surface area contributed by atoms with Crippen molar-refractivity contribution >= 4 is 22.8 Å². The van der Waals surface area contributed by atoms with Gasteiger partial charge in [-0.3, -0.25) is 11.7 Å². The number of benzene rings is 2. The second kappa shape index (κ2) is 7.42. The Bertz CT molecular complexity index is 904. The third kappa shape index (κ3) is 3.50. The molecule has 2 aromatic carbocycles. The Labute approximate surface area is 148 Å². The zero-order chi connectivity index (χ0) is 18.5. The first kappa shape index (κ1) is 17.1. The summed E-state index contributed by atoms with van der Waals surface area (Å²) in [6.07, 6.45) is 0. The van der Waals surface area contributed by atoms with Crippen LogP contribution >= 0.6 is 0 Å². The van der Waals surface area contributed by atoms with E-state index in [4.69, 9.17) is 23.2 Å². The minimum absolute atomic E-state index is 0.231. The van der Waals surface area contributed by atoms with E-state index in [0.29, 0.717) is 22.8 Å². The fourth-order valence-corrected chi connectivity index (χ4v) is 2.28. The van der Waals surface area contributed by atoms with Gasteiger partial charge in [0.15, 0.2) is 0 Å². The molecule has 10 nitrogen and oxygen atoms in total. The van der Waals surface area contributed by atoms with Gasteiger partial charge >= 0.3 is 0 Å². The number of hydrogen-bond donors (Lipinski definition) is 6. The summed E-state index contributed by atoms with van der Waals surface area (Å²) in [5.74, 6) is 11.2. The lowest BCUT2D eigenvalue weighted by molar-refractivity contribution is 0.752. The molecule has 10 heteroatoms. The van der Waals surface area contributed by atoms with Gasteiger partial charge in [0.05, 0.1) is 0 Å². The third-order valence-corrected chi connectivity index (χ3v) is 3.61. The lowest BCUT2D eigenvalue weighted by Crippen LogP contribution is -2.38. The van der Waals surface area contributed by atoms with E-state index in [-0.39, 0.29) is 11.0 Å². The van der Waals surface area contributed by atoms with Gasteiger partial charge < -0.3 is 22.3 Å². The molecule has 0 unspecified atom stereocenters. The highest BCUT2D eigenvalue weighted by atomic mass is 15.3. The molecule has 0 aliphatic heterocycles. The van der Waals surface area contributed by atoms with Gasteiger partial charge in [-0.05, 0) is 24.3 Å². The Kier molecular flexibility index (Phi) is 4.87. The second-order valence-corrected chi connectivity index (χ2v) is 5.33.